The molecule has 0 aliphatic heterocycles. The molecule has 2 aromatic rings. The molecule has 140 valence electrons. The third kappa shape index (κ3) is 5.16. The Hall–Kier alpha value is -2.20. The molecule has 0 bridgehead atoms. The van der Waals surface area contributed by atoms with Gasteiger partial charge in [0, 0.05) is 0 Å². The zero-order valence-corrected chi connectivity index (χ0v) is 17.6. The minimum Gasteiger partial charge on any atom is -0.493 e. The number of halogens is 3. The van der Waals surface area contributed by atoms with Gasteiger partial charge in [0.05, 0.1) is 33.9 Å². The van der Waals surface area contributed by atoms with Gasteiger partial charge in [0.15, 0.2) is 11.5 Å². The molecule has 5 nitrogen and oxygen atoms in total. The molecule has 1 N–H and O–H groups in total. The number of ether oxygens (including phenoxy) is 2. The number of nitriles is 1. The summed E-state index contributed by atoms with van der Waals surface area (Å²) in [4.78, 5) is 12.4. The van der Waals surface area contributed by atoms with Crippen molar-refractivity contribution in [1.29, 1.82) is 5.26 Å². The molecular formula is C19H15BrCl2N2O3. The Morgan fingerprint density at radius 2 is 2.11 bits per heavy atom. The van der Waals surface area contributed by atoms with Crippen LogP contribution in [0.25, 0.3) is 6.08 Å². The maximum atomic E-state index is 12.4. The normalized spacial score (nSPS) is 10.9. The number of methoxy groups -OCH3 is 1. The molecule has 1 amide bonds. The number of hydrogen-bond donors (Lipinski definition) is 1. The first kappa shape index (κ1) is 21.1. The van der Waals surface area contributed by atoms with E-state index in [1.165, 1.54) is 13.2 Å². The second-order valence-electron chi connectivity index (χ2n) is 5.19. The van der Waals surface area contributed by atoms with E-state index in [1.807, 2.05) is 13.0 Å². The number of hydrogen-bond acceptors (Lipinski definition) is 4. The van der Waals surface area contributed by atoms with Crippen molar-refractivity contribution in [2.75, 3.05) is 19.0 Å². The molecule has 2 aromatic carbocycles. The summed E-state index contributed by atoms with van der Waals surface area (Å²) in [5, 5.41) is 12.5. The summed E-state index contributed by atoms with van der Waals surface area (Å²) in [5.74, 6) is 0.421. The number of rotatable bonds is 6. The van der Waals surface area contributed by atoms with Gasteiger partial charge >= 0.3 is 0 Å². The van der Waals surface area contributed by atoms with Crippen LogP contribution in [0.2, 0.25) is 10.0 Å². The summed E-state index contributed by atoms with van der Waals surface area (Å²) in [7, 11) is 1.51. The molecule has 0 aliphatic rings. The van der Waals surface area contributed by atoms with Crippen molar-refractivity contribution in [2.24, 2.45) is 0 Å². The van der Waals surface area contributed by atoms with Crippen molar-refractivity contribution in [2.45, 2.75) is 6.92 Å². The number of carbonyl (C=O) groups is 1. The van der Waals surface area contributed by atoms with Crippen molar-refractivity contribution in [3.63, 3.8) is 0 Å². The highest BCUT2D eigenvalue weighted by Crippen LogP contribution is 2.37. The number of amides is 1. The predicted octanol–water partition coefficient (Wildman–Crippen LogP) is 5.71. The van der Waals surface area contributed by atoms with Gasteiger partial charge < -0.3 is 14.8 Å². The Labute approximate surface area is 175 Å². The lowest BCUT2D eigenvalue weighted by atomic mass is 10.1. The van der Waals surface area contributed by atoms with Gasteiger partial charge in [0.25, 0.3) is 5.91 Å². The third-order valence-electron chi connectivity index (χ3n) is 3.42. The van der Waals surface area contributed by atoms with Gasteiger partial charge in [0.2, 0.25) is 0 Å². The van der Waals surface area contributed by atoms with E-state index in [1.54, 1.807) is 30.3 Å². The van der Waals surface area contributed by atoms with Gasteiger partial charge in [-0.25, -0.2) is 0 Å². The van der Waals surface area contributed by atoms with Gasteiger partial charge in [-0.05, 0) is 58.8 Å². The van der Waals surface area contributed by atoms with E-state index in [0.717, 1.165) is 0 Å². The fraction of sp³-hybridized carbons (Fsp3) is 0.158. The second-order valence-corrected chi connectivity index (χ2v) is 6.83. The molecule has 2 rings (SSSR count). The topological polar surface area (TPSA) is 71.3 Å². The van der Waals surface area contributed by atoms with E-state index in [9.17, 15) is 10.1 Å². The quantitative estimate of drug-likeness (QED) is 0.434. The Bertz CT molecular complexity index is 939. The van der Waals surface area contributed by atoms with Crippen LogP contribution in [0.1, 0.15) is 12.5 Å². The number of nitrogens with zero attached hydrogens (tertiary/aromatic N) is 1. The number of anilines is 1. The van der Waals surface area contributed by atoms with Crippen LogP contribution in [-0.2, 0) is 4.79 Å². The molecule has 0 unspecified atom stereocenters. The highest BCUT2D eigenvalue weighted by atomic mass is 79.9. The first-order valence-corrected chi connectivity index (χ1v) is 9.33. The maximum absolute atomic E-state index is 12.4. The number of nitrogens with one attached hydrogen (secondary N) is 1. The lowest BCUT2D eigenvalue weighted by Crippen LogP contribution is -2.13. The van der Waals surface area contributed by atoms with Crippen LogP contribution in [-0.4, -0.2) is 19.6 Å². The van der Waals surface area contributed by atoms with Gasteiger partial charge in [-0.2, -0.15) is 5.26 Å². The first-order chi connectivity index (χ1) is 12.9. The summed E-state index contributed by atoms with van der Waals surface area (Å²) in [6, 6.07) is 10.1. The Morgan fingerprint density at radius 1 is 1.37 bits per heavy atom. The highest BCUT2D eigenvalue weighted by Gasteiger charge is 2.15. The largest absolute Gasteiger partial charge is 0.493 e. The van der Waals surface area contributed by atoms with E-state index in [2.05, 4.69) is 21.2 Å². The number of carbonyl (C=O) groups excluding carboxylic acids is 1. The molecule has 0 radical (unpaired) electrons. The molecule has 0 saturated heterocycles. The maximum Gasteiger partial charge on any atom is 0.266 e. The lowest BCUT2D eigenvalue weighted by molar-refractivity contribution is -0.112. The van der Waals surface area contributed by atoms with E-state index >= 15 is 0 Å². The molecule has 27 heavy (non-hydrogen) atoms. The minimum atomic E-state index is -0.606. The molecule has 0 fully saturated rings. The predicted molar refractivity (Wildman–Crippen MR) is 111 cm³/mol. The van der Waals surface area contributed by atoms with Gasteiger partial charge in [-0.15, -0.1) is 0 Å². The van der Waals surface area contributed by atoms with Crippen molar-refractivity contribution in [1.82, 2.24) is 0 Å². The van der Waals surface area contributed by atoms with Crippen LogP contribution >= 0.6 is 39.1 Å². The van der Waals surface area contributed by atoms with Gasteiger partial charge in [-0.3, -0.25) is 4.79 Å². The molecule has 0 saturated carbocycles. The van der Waals surface area contributed by atoms with Crippen LogP contribution in [0, 0.1) is 11.3 Å². The molecule has 0 heterocycles. The Kier molecular flexibility index (Phi) is 7.55. The SMILES string of the molecule is CCOc1c(Br)cc(/C=C(\C#N)C(=O)Nc2cccc(Cl)c2Cl)cc1OC. The smallest absolute Gasteiger partial charge is 0.266 e. The first-order valence-electron chi connectivity index (χ1n) is 7.78. The molecule has 0 aliphatic carbocycles. The van der Waals surface area contributed by atoms with Crippen molar-refractivity contribution >= 4 is 56.8 Å². The fourth-order valence-corrected chi connectivity index (χ4v) is 3.13. The zero-order valence-electron chi connectivity index (χ0n) is 14.5. The molecule has 8 heteroatoms. The third-order valence-corrected chi connectivity index (χ3v) is 4.82. The lowest BCUT2D eigenvalue weighted by Gasteiger charge is -2.12. The van der Waals surface area contributed by atoms with Crippen LogP contribution < -0.4 is 14.8 Å². The minimum absolute atomic E-state index is 0.107. The van der Waals surface area contributed by atoms with E-state index in [0.29, 0.717) is 38.9 Å². The standard InChI is InChI=1S/C19H15BrCl2N2O3/c1-3-27-18-13(20)8-11(9-16(18)26-2)7-12(10-23)19(25)24-15-6-4-5-14(21)17(15)22/h4-9H,3H2,1-2H3,(H,24,25)/b12-7+. The average molecular weight is 470 g/mol. The van der Waals surface area contributed by atoms with Crippen LogP contribution in [0.5, 0.6) is 11.5 Å². The van der Waals surface area contributed by atoms with Gasteiger partial charge in [-0.1, -0.05) is 29.3 Å². The molecular weight excluding hydrogens is 455 g/mol. The monoisotopic (exact) mass is 468 g/mol. The van der Waals surface area contributed by atoms with Crippen LogP contribution in [0.4, 0.5) is 5.69 Å². The summed E-state index contributed by atoms with van der Waals surface area (Å²) in [6.45, 7) is 2.33. The van der Waals surface area contributed by atoms with Crippen molar-refractivity contribution < 1.29 is 14.3 Å². The molecule has 0 atom stereocenters. The van der Waals surface area contributed by atoms with Crippen LogP contribution in [0.15, 0.2) is 40.4 Å². The molecule has 0 spiro atoms. The highest BCUT2D eigenvalue weighted by molar-refractivity contribution is 9.10. The summed E-state index contributed by atoms with van der Waals surface area (Å²) in [5.41, 5.74) is 0.802. The van der Waals surface area contributed by atoms with Gasteiger partial charge in [0.1, 0.15) is 11.6 Å². The Balaban J connectivity index is 2.35. The summed E-state index contributed by atoms with van der Waals surface area (Å²) >= 11 is 15.4. The zero-order chi connectivity index (χ0) is 20.0. The second kappa shape index (κ2) is 9.65. The van der Waals surface area contributed by atoms with Crippen LogP contribution in [0.3, 0.4) is 0 Å². The fourth-order valence-electron chi connectivity index (χ4n) is 2.21. The van der Waals surface area contributed by atoms with Crippen molar-refractivity contribution in [3.05, 3.63) is 56.0 Å². The number of benzene rings is 2. The van der Waals surface area contributed by atoms with E-state index < -0.39 is 5.91 Å². The summed E-state index contributed by atoms with van der Waals surface area (Å²) < 4.78 is 11.5. The average Bonchev–Trinajstić information content (AvgIpc) is 2.65. The Morgan fingerprint density at radius 3 is 2.74 bits per heavy atom. The van der Waals surface area contributed by atoms with E-state index in [-0.39, 0.29) is 10.6 Å². The van der Waals surface area contributed by atoms with E-state index in [4.69, 9.17) is 32.7 Å². The molecule has 0 aromatic heterocycles. The van der Waals surface area contributed by atoms with Crippen molar-refractivity contribution in [3.8, 4) is 17.6 Å². The summed E-state index contributed by atoms with van der Waals surface area (Å²) in [6.07, 6.45) is 1.44.